The van der Waals surface area contributed by atoms with E-state index in [1.165, 1.54) is 19.3 Å². The highest BCUT2D eigenvalue weighted by Crippen LogP contribution is 2.31. The van der Waals surface area contributed by atoms with Gasteiger partial charge in [0.15, 0.2) is 0 Å². The molecule has 0 radical (unpaired) electrons. The molecule has 0 aromatic heterocycles. The molecule has 0 saturated heterocycles. The fraction of sp³-hybridized carbons (Fsp3) is 0.875. The summed E-state index contributed by atoms with van der Waals surface area (Å²) in [5.41, 5.74) is -0.0676. The lowest BCUT2D eigenvalue weighted by molar-refractivity contribution is -0.140. The largest absolute Gasteiger partial charge is 0.342 e. The topological polar surface area (TPSA) is 52.7 Å². The number of nitrogens with one attached hydrogen (secondary N) is 1. The molecule has 2 amide bonds. The summed E-state index contributed by atoms with van der Waals surface area (Å²) in [6.07, 6.45) is 6.20. The first-order valence-electron chi connectivity index (χ1n) is 8.18. The Balaban J connectivity index is 2.55. The van der Waals surface area contributed by atoms with Crippen molar-refractivity contribution in [3.63, 3.8) is 0 Å². The summed E-state index contributed by atoms with van der Waals surface area (Å²) < 4.78 is 0. The minimum absolute atomic E-state index is 0.0259. The number of hydrogen-bond acceptors (Lipinski definition) is 3. The van der Waals surface area contributed by atoms with Crippen LogP contribution in [0.25, 0.3) is 0 Å². The maximum Gasteiger partial charge on any atom is 0.242 e. The summed E-state index contributed by atoms with van der Waals surface area (Å²) in [7, 11) is 3.68. The third-order valence-corrected chi connectivity index (χ3v) is 4.74. The van der Waals surface area contributed by atoms with Crippen molar-refractivity contribution in [3.05, 3.63) is 0 Å². The highest BCUT2D eigenvalue weighted by Gasteiger charge is 2.33. The van der Waals surface area contributed by atoms with Gasteiger partial charge in [-0.2, -0.15) is 0 Å². The molecule has 5 heteroatoms. The number of carbonyl (C=O) groups is 2. The minimum Gasteiger partial charge on any atom is -0.342 e. The van der Waals surface area contributed by atoms with Crippen molar-refractivity contribution in [1.82, 2.24) is 15.1 Å². The van der Waals surface area contributed by atoms with Crippen LogP contribution in [0.4, 0.5) is 0 Å². The molecule has 21 heavy (non-hydrogen) atoms. The fourth-order valence-electron chi connectivity index (χ4n) is 3.14. The van der Waals surface area contributed by atoms with E-state index < -0.39 is 0 Å². The van der Waals surface area contributed by atoms with Crippen molar-refractivity contribution in [2.75, 3.05) is 33.7 Å². The minimum atomic E-state index is -0.0676. The van der Waals surface area contributed by atoms with Gasteiger partial charge in [0.25, 0.3) is 0 Å². The van der Waals surface area contributed by atoms with Crippen LogP contribution in [-0.4, -0.2) is 60.9 Å². The van der Waals surface area contributed by atoms with Crippen molar-refractivity contribution in [2.45, 2.75) is 57.9 Å². The average molecular weight is 297 g/mol. The van der Waals surface area contributed by atoms with E-state index >= 15 is 0 Å². The zero-order valence-corrected chi connectivity index (χ0v) is 14.1. The lowest BCUT2D eigenvalue weighted by Gasteiger charge is -2.37. The first-order chi connectivity index (χ1) is 9.98. The number of amides is 2. The van der Waals surface area contributed by atoms with Crippen LogP contribution < -0.4 is 5.32 Å². The maximum absolute atomic E-state index is 12.4. The molecule has 1 fully saturated rings. The van der Waals surface area contributed by atoms with Crippen molar-refractivity contribution >= 4 is 11.8 Å². The molecule has 0 aromatic carbocycles. The third-order valence-electron chi connectivity index (χ3n) is 4.74. The van der Waals surface area contributed by atoms with Crippen LogP contribution in [0.5, 0.6) is 0 Å². The highest BCUT2D eigenvalue weighted by atomic mass is 16.2. The molecule has 1 rings (SSSR count). The van der Waals surface area contributed by atoms with E-state index in [1.54, 1.807) is 16.8 Å². The summed E-state index contributed by atoms with van der Waals surface area (Å²) in [6.45, 7) is 5.48. The molecule has 1 aliphatic rings. The van der Waals surface area contributed by atoms with Gasteiger partial charge in [-0.25, -0.2) is 0 Å². The zero-order valence-electron chi connectivity index (χ0n) is 14.1. The first-order valence-corrected chi connectivity index (χ1v) is 8.18. The van der Waals surface area contributed by atoms with Crippen LogP contribution >= 0.6 is 0 Å². The van der Waals surface area contributed by atoms with Gasteiger partial charge in [0.1, 0.15) is 0 Å². The molecule has 1 saturated carbocycles. The van der Waals surface area contributed by atoms with E-state index in [9.17, 15) is 9.59 Å². The summed E-state index contributed by atoms with van der Waals surface area (Å²) in [4.78, 5) is 27.8. The standard InChI is InChI=1S/C16H31N3O2/c1-5-19(6-2)15(21)13-18(4)14(20)12-16(17-3)10-8-7-9-11-16/h17H,5-13H2,1-4H3. The molecule has 0 aliphatic heterocycles. The SMILES string of the molecule is CCN(CC)C(=O)CN(C)C(=O)CC1(NC)CCCCC1. The van der Waals surface area contributed by atoms with Crippen LogP contribution in [-0.2, 0) is 9.59 Å². The van der Waals surface area contributed by atoms with E-state index in [4.69, 9.17) is 0 Å². The molecule has 5 nitrogen and oxygen atoms in total. The second-order valence-corrected chi connectivity index (χ2v) is 6.08. The van der Waals surface area contributed by atoms with Crippen molar-refractivity contribution in [3.8, 4) is 0 Å². The molecular formula is C16H31N3O2. The Kier molecular flexibility index (Phi) is 7.15. The van der Waals surface area contributed by atoms with Crippen LogP contribution in [0, 0.1) is 0 Å². The predicted octanol–water partition coefficient (Wildman–Crippen LogP) is 1.63. The quantitative estimate of drug-likeness (QED) is 0.777. The van der Waals surface area contributed by atoms with Crippen molar-refractivity contribution in [2.24, 2.45) is 0 Å². The van der Waals surface area contributed by atoms with Gasteiger partial charge in [-0.1, -0.05) is 19.3 Å². The molecule has 0 spiro atoms. The summed E-state index contributed by atoms with van der Waals surface area (Å²) in [5, 5.41) is 3.36. The van der Waals surface area contributed by atoms with Crippen LogP contribution in [0.3, 0.4) is 0 Å². The van der Waals surface area contributed by atoms with Crippen molar-refractivity contribution < 1.29 is 9.59 Å². The number of rotatable bonds is 7. The van der Waals surface area contributed by atoms with Gasteiger partial charge in [0, 0.05) is 32.1 Å². The molecule has 0 unspecified atom stereocenters. The normalized spacial score (nSPS) is 17.3. The van der Waals surface area contributed by atoms with Gasteiger partial charge < -0.3 is 15.1 Å². The summed E-state index contributed by atoms with van der Waals surface area (Å²) in [5.74, 6) is 0.0877. The first kappa shape index (κ1) is 18.0. The van der Waals surface area contributed by atoms with E-state index in [-0.39, 0.29) is 23.9 Å². The highest BCUT2D eigenvalue weighted by molar-refractivity contribution is 5.85. The Bertz CT molecular complexity index is 347. The predicted molar refractivity (Wildman–Crippen MR) is 85.1 cm³/mol. The van der Waals surface area contributed by atoms with Crippen LogP contribution in [0.1, 0.15) is 52.4 Å². The number of likely N-dealkylation sites (N-methyl/N-ethyl adjacent to an activating group) is 2. The van der Waals surface area contributed by atoms with Crippen molar-refractivity contribution in [1.29, 1.82) is 0 Å². The fourth-order valence-corrected chi connectivity index (χ4v) is 3.14. The number of nitrogens with zero attached hydrogens (tertiary/aromatic N) is 2. The Hall–Kier alpha value is -1.10. The molecule has 0 aromatic rings. The summed E-state index contributed by atoms with van der Waals surface area (Å²) >= 11 is 0. The second kappa shape index (κ2) is 8.37. The number of hydrogen-bond donors (Lipinski definition) is 1. The Morgan fingerprint density at radius 2 is 1.62 bits per heavy atom. The van der Waals surface area contributed by atoms with E-state index in [1.807, 2.05) is 20.9 Å². The molecule has 0 heterocycles. The summed E-state index contributed by atoms with van der Waals surface area (Å²) in [6, 6.07) is 0. The molecular weight excluding hydrogens is 266 g/mol. The Morgan fingerprint density at radius 3 is 2.10 bits per heavy atom. The lowest BCUT2D eigenvalue weighted by atomic mass is 9.79. The van der Waals surface area contributed by atoms with Gasteiger partial charge in [0.05, 0.1) is 6.54 Å². The maximum atomic E-state index is 12.4. The molecule has 0 bridgehead atoms. The van der Waals surface area contributed by atoms with Gasteiger partial charge in [0.2, 0.25) is 11.8 Å². The van der Waals surface area contributed by atoms with Gasteiger partial charge >= 0.3 is 0 Å². The van der Waals surface area contributed by atoms with E-state index in [0.717, 1.165) is 12.8 Å². The van der Waals surface area contributed by atoms with Gasteiger partial charge in [-0.05, 0) is 33.7 Å². The van der Waals surface area contributed by atoms with E-state index in [2.05, 4.69) is 5.32 Å². The molecule has 122 valence electrons. The lowest BCUT2D eigenvalue weighted by Crippen LogP contribution is -2.49. The van der Waals surface area contributed by atoms with Gasteiger partial charge in [-0.15, -0.1) is 0 Å². The molecule has 1 aliphatic carbocycles. The molecule has 1 N–H and O–H groups in total. The van der Waals surface area contributed by atoms with Crippen LogP contribution in [0.15, 0.2) is 0 Å². The third kappa shape index (κ3) is 4.99. The second-order valence-electron chi connectivity index (χ2n) is 6.08. The number of carbonyl (C=O) groups excluding carboxylic acids is 2. The molecule has 0 atom stereocenters. The average Bonchev–Trinajstić information content (AvgIpc) is 2.49. The Labute approximate surface area is 129 Å². The Morgan fingerprint density at radius 1 is 1.05 bits per heavy atom. The monoisotopic (exact) mass is 297 g/mol. The smallest absolute Gasteiger partial charge is 0.242 e. The van der Waals surface area contributed by atoms with Crippen LogP contribution in [0.2, 0.25) is 0 Å². The zero-order chi connectivity index (χ0) is 15.9. The van der Waals surface area contributed by atoms with Gasteiger partial charge in [-0.3, -0.25) is 9.59 Å². The van der Waals surface area contributed by atoms with E-state index in [0.29, 0.717) is 19.5 Å².